The van der Waals surface area contributed by atoms with Crippen molar-refractivity contribution in [1.29, 1.82) is 5.26 Å². The first-order valence-corrected chi connectivity index (χ1v) is 9.16. The van der Waals surface area contributed by atoms with E-state index in [1.807, 2.05) is 34.7 Å². The van der Waals surface area contributed by atoms with Gasteiger partial charge in [-0.2, -0.15) is 5.26 Å². The van der Waals surface area contributed by atoms with Crippen molar-refractivity contribution in [2.24, 2.45) is 0 Å². The Kier molecular flexibility index (Phi) is 6.84. The molecule has 25 heavy (non-hydrogen) atoms. The molecule has 0 spiro atoms. The summed E-state index contributed by atoms with van der Waals surface area (Å²) in [4.78, 5) is 12.4. The normalized spacial score (nSPS) is 10.9. The molecule has 0 heterocycles. The molecule has 5 nitrogen and oxygen atoms in total. The highest BCUT2D eigenvalue weighted by molar-refractivity contribution is 14.1. The monoisotopic (exact) mass is 512 g/mol. The number of nitrogens with zero attached hydrogens (tertiary/aromatic N) is 1. The van der Waals surface area contributed by atoms with Gasteiger partial charge in [0, 0.05) is 4.47 Å². The van der Waals surface area contributed by atoms with Gasteiger partial charge in [0.15, 0.2) is 11.5 Å². The summed E-state index contributed by atoms with van der Waals surface area (Å²) in [5.41, 5.74) is 1.10. The third kappa shape index (κ3) is 4.96. The van der Waals surface area contributed by atoms with Crippen LogP contribution in [0, 0.1) is 14.9 Å². The molecular weight excluding hydrogens is 499 g/mol. The highest BCUT2D eigenvalue weighted by Crippen LogP contribution is 2.33. The summed E-state index contributed by atoms with van der Waals surface area (Å²) in [7, 11) is 0. The minimum atomic E-state index is -0.518. The number of hydrogen-bond acceptors (Lipinski definition) is 4. The molecule has 2 aromatic rings. The lowest BCUT2D eigenvalue weighted by molar-refractivity contribution is -0.112. The van der Waals surface area contributed by atoms with E-state index in [-0.39, 0.29) is 11.3 Å². The van der Waals surface area contributed by atoms with E-state index >= 15 is 0 Å². The molecule has 128 valence electrons. The number of hydrogen-bond donors (Lipinski definition) is 2. The smallest absolute Gasteiger partial charge is 0.266 e. The van der Waals surface area contributed by atoms with Crippen molar-refractivity contribution in [2.45, 2.75) is 6.92 Å². The molecule has 0 atom stereocenters. The van der Waals surface area contributed by atoms with E-state index in [9.17, 15) is 15.2 Å². The second-order valence-electron chi connectivity index (χ2n) is 4.89. The molecule has 0 radical (unpaired) electrons. The Morgan fingerprint density at radius 2 is 2.16 bits per heavy atom. The summed E-state index contributed by atoms with van der Waals surface area (Å²) in [6.45, 7) is 2.20. The number of anilines is 1. The molecule has 0 saturated heterocycles. The fourth-order valence-electron chi connectivity index (χ4n) is 2.01. The van der Waals surface area contributed by atoms with Gasteiger partial charge >= 0.3 is 0 Å². The number of nitrogens with one attached hydrogen (secondary N) is 1. The highest BCUT2D eigenvalue weighted by atomic mass is 127. The molecule has 0 bridgehead atoms. The number of nitriles is 1. The van der Waals surface area contributed by atoms with Crippen molar-refractivity contribution in [3.05, 3.63) is 55.6 Å². The third-order valence-corrected chi connectivity index (χ3v) is 4.66. The predicted molar refractivity (Wildman–Crippen MR) is 108 cm³/mol. The number of phenols is 1. The fraction of sp³-hybridized carbons (Fsp3) is 0.111. The second kappa shape index (κ2) is 8.87. The van der Waals surface area contributed by atoms with Crippen LogP contribution >= 0.6 is 38.5 Å². The van der Waals surface area contributed by atoms with Gasteiger partial charge in [-0.05, 0) is 81.3 Å². The summed E-state index contributed by atoms with van der Waals surface area (Å²) < 4.78 is 6.66. The van der Waals surface area contributed by atoms with Crippen LogP contribution in [0.4, 0.5) is 5.69 Å². The van der Waals surface area contributed by atoms with E-state index in [4.69, 9.17) is 4.74 Å². The van der Waals surface area contributed by atoms with Gasteiger partial charge < -0.3 is 15.2 Å². The molecule has 2 rings (SSSR count). The van der Waals surface area contributed by atoms with Crippen molar-refractivity contribution in [3.8, 4) is 17.6 Å². The molecule has 0 saturated carbocycles. The zero-order valence-electron chi connectivity index (χ0n) is 13.2. The summed E-state index contributed by atoms with van der Waals surface area (Å²) in [6, 6.07) is 12.3. The van der Waals surface area contributed by atoms with Gasteiger partial charge in [0.25, 0.3) is 5.91 Å². The van der Waals surface area contributed by atoms with Crippen molar-refractivity contribution in [1.82, 2.24) is 0 Å². The van der Waals surface area contributed by atoms with E-state index in [2.05, 4.69) is 21.2 Å². The van der Waals surface area contributed by atoms with Crippen molar-refractivity contribution in [3.63, 3.8) is 0 Å². The van der Waals surface area contributed by atoms with Crippen LogP contribution in [0.1, 0.15) is 12.5 Å². The first-order valence-electron chi connectivity index (χ1n) is 7.29. The fourth-order valence-corrected chi connectivity index (χ4v) is 3.02. The van der Waals surface area contributed by atoms with E-state index in [1.165, 1.54) is 6.08 Å². The maximum absolute atomic E-state index is 12.4. The van der Waals surface area contributed by atoms with E-state index in [1.54, 1.807) is 37.3 Å². The van der Waals surface area contributed by atoms with Crippen LogP contribution in [0.5, 0.6) is 11.5 Å². The van der Waals surface area contributed by atoms with Crippen LogP contribution in [-0.2, 0) is 4.79 Å². The molecule has 0 fully saturated rings. The lowest BCUT2D eigenvalue weighted by atomic mass is 10.1. The van der Waals surface area contributed by atoms with Crippen molar-refractivity contribution in [2.75, 3.05) is 11.9 Å². The van der Waals surface area contributed by atoms with Crippen LogP contribution in [-0.4, -0.2) is 17.6 Å². The van der Waals surface area contributed by atoms with Gasteiger partial charge in [-0.1, -0.05) is 12.1 Å². The van der Waals surface area contributed by atoms with E-state index in [0.29, 0.717) is 27.2 Å². The van der Waals surface area contributed by atoms with Gasteiger partial charge in [-0.15, -0.1) is 0 Å². The molecule has 7 heteroatoms. The molecule has 0 aromatic heterocycles. The number of halogens is 2. The molecule has 2 aromatic carbocycles. The average Bonchev–Trinajstić information content (AvgIpc) is 2.59. The number of carbonyl (C=O) groups excluding carboxylic acids is 1. The quantitative estimate of drug-likeness (QED) is 0.345. The first kappa shape index (κ1) is 19.3. The van der Waals surface area contributed by atoms with Gasteiger partial charge in [-0.3, -0.25) is 4.79 Å². The molecule has 0 aliphatic carbocycles. The number of phenolic OH excluding ortho intramolecular Hbond substituents is 1. The lowest BCUT2D eigenvalue weighted by Gasteiger charge is -2.09. The lowest BCUT2D eigenvalue weighted by Crippen LogP contribution is -2.13. The molecule has 0 aliphatic rings. The Balaban J connectivity index is 2.32. The number of benzene rings is 2. The maximum atomic E-state index is 12.4. The first-order chi connectivity index (χ1) is 12.0. The summed E-state index contributed by atoms with van der Waals surface area (Å²) in [5, 5.41) is 22.0. The number of aromatic hydroxyl groups is 1. The Hall–Kier alpha value is -2.05. The maximum Gasteiger partial charge on any atom is 0.266 e. The Bertz CT molecular complexity index is 875. The average molecular weight is 513 g/mol. The van der Waals surface area contributed by atoms with E-state index in [0.717, 1.165) is 4.47 Å². The van der Waals surface area contributed by atoms with Gasteiger partial charge in [0.1, 0.15) is 11.6 Å². The second-order valence-corrected chi connectivity index (χ2v) is 6.90. The number of rotatable bonds is 5. The largest absolute Gasteiger partial charge is 0.504 e. The Morgan fingerprint density at radius 3 is 2.80 bits per heavy atom. The number of amides is 1. The van der Waals surface area contributed by atoms with Crippen molar-refractivity contribution >= 4 is 56.2 Å². The number of carbonyl (C=O) groups is 1. The Labute approximate surface area is 167 Å². The van der Waals surface area contributed by atoms with Crippen LogP contribution in [0.25, 0.3) is 6.08 Å². The number of para-hydroxylation sites is 1. The van der Waals surface area contributed by atoms with Gasteiger partial charge in [0.2, 0.25) is 0 Å². The zero-order chi connectivity index (χ0) is 18.4. The third-order valence-electron chi connectivity index (χ3n) is 3.15. The standard InChI is InChI=1S/C18H14BrIN2O3/c1-2-25-16-9-11(8-14(20)17(16)23)7-12(10-21)18(24)22-15-6-4-3-5-13(15)19/h3-9,23H,2H2,1H3,(H,22,24)/b12-7+. The van der Waals surface area contributed by atoms with Crippen LogP contribution < -0.4 is 10.1 Å². The Morgan fingerprint density at radius 1 is 1.44 bits per heavy atom. The molecular formula is C18H14BrIN2O3. The summed E-state index contributed by atoms with van der Waals surface area (Å²) >= 11 is 5.31. The van der Waals surface area contributed by atoms with Crippen LogP contribution in [0.3, 0.4) is 0 Å². The summed E-state index contributed by atoms with van der Waals surface area (Å²) in [5.74, 6) is -0.171. The molecule has 0 unspecified atom stereocenters. The van der Waals surface area contributed by atoms with Gasteiger partial charge in [-0.25, -0.2) is 0 Å². The minimum absolute atomic E-state index is 0.0378. The number of ether oxygens (including phenoxy) is 1. The molecule has 0 aliphatic heterocycles. The zero-order valence-corrected chi connectivity index (χ0v) is 17.0. The van der Waals surface area contributed by atoms with Gasteiger partial charge in [0.05, 0.1) is 15.9 Å². The van der Waals surface area contributed by atoms with Crippen LogP contribution in [0.15, 0.2) is 46.4 Å². The van der Waals surface area contributed by atoms with E-state index < -0.39 is 5.91 Å². The molecule has 2 N–H and O–H groups in total. The van der Waals surface area contributed by atoms with Crippen molar-refractivity contribution < 1.29 is 14.6 Å². The highest BCUT2D eigenvalue weighted by Gasteiger charge is 2.13. The summed E-state index contributed by atoms with van der Waals surface area (Å²) in [6.07, 6.45) is 1.45. The predicted octanol–water partition coefficient (Wildman–Crippen LogP) is 4.70. The topological polar surface area (TPSA) is 82.3 Å². The molecule has 1 amide bonds. The minimum Gasteiger partial charge on any atom is -0.504 e. The van der Waals surface area contributed by atoms with Crippen LogP contribution in [0.2, 0.25) is 0 Å². The SMILES string of the molecule is CCOc1cc(/C=C(\C#N)C(=O)Nc2ccccc2Br)cc(I)c1O.